The van der Waals surface area contributed by atoms with E-state index in [1.807, 2.05) is 13.2 Å². The Morgan fingerprint density at radius 3 is 2.89 bits per heavy atom. The number of aliphatic carboxylic acids is 1. The van der Waals surface area contributed by atoms with E-state index >= 15 is 0 Å². The van der Waals surface area contributed by atoms with Gasteiger partial charge in [0.1, 0.15) is 0 Å². The molecule has 2 N–H and O–H groups in total. The summed E-state index contributed by atoms with van der Waals surface area (Å²) in [6, 6.07) is 0.0824. The lowest BCUT2D eigenvalue weighted by atomic mass is 9.95. The lowest BCUT2D eigenvalue weighted by Crippen LogP contribution is -2.48. The Bertz CT molecular complexity index is 299. The zero-order chi connectivity index (χ0) is 13.5. The molecule has 0 spiro atoms. The van der Waals surface area contributed by atoms with E-state index in [0.29, 0.717) is 6.54 Å². The Balaban J connectivity index is 2.40. The van der Waals surface area contributed by atoms with Gasteiger partial charge >= 0.3 is 12.0 Å². The minimum Gasteiger partial charge on any atom is -0.481 e. The predicted molar refractivity (Wildman–Crippen MR) is 72.9 cm³/mol. The van der Waals surface area contributed by atoms with Crippen LogP contribution in [0, 0.1) is 5.92 Å². The highest BCUT2D eigenvalue weighted by Crippen LogP contribution is 2.19. The number of hydrogen-bond acceptors (Lipinski definition) is 3. The summed E-state index contributed by atoms with van der Waals surface area (Å²) in [4.78, 5) is 24.4. The summed E-state index contributed by atoms with van der Waals surface area (Å²) in [6.07, 6.45) is 3.95. The number of urea groups is 1. The number of carboxylic acid groups (broad SMARTS) is 1. The highest BCUT2D eigenvalue weighted by molar-refractivity contribution is 7.98. The van der Waals surface area contributed by atoms with Gasteiger partial charge in [0.2, 0.25) is 0 Å². The van der Waals surface area contributed by atoms with Gasteiger partial charge in [0.25, 0.3) is 0 Å². The lowest BCUT2D eigenvalue weighted by molar-refractivity contribution is -0.138. The highest BCUT2D eigenvalue weighted by atomic mass is 32.2. The fourth-order valence-corrected chi connectivity index (χ4v) is 2.84. The SMILES string of the molecule is CSCC(C)NC(=O)N1CCCC(CC(=O)O)C1. The molecule has 2 atom stereocenters. The highest BCUT2D eigenvalue weighted by Gasteiger charge is 2.25. The Hall–Kier alpha value is -0.910. The zero-order valence-corrected chi connectivity index (χ0v) is 11.8. The average molecular weight is 274 g/mol. The van der Waals surface area contributed by atoms with E-state index in [-0.39, 0.29) is 24.4 Å². The summed E-state index contributed by atoms with van der Waals surface area (Å²) < 4.78 is 0. The van der Waals surface area contributed by atoms with E-state index in [0.717, 1.165) is 25.1 Å². The second-order valence-corrected chi connectivity index (χ2v) is 5.77. The first kappa shape index (κ1) is 15.1. The fraction of sp³-hybridized carbons (Fsp3) is 0.833. The normalized spacial score (nSPS) is 21.4. The van der Waals surface area contributed by atoms with Gasteiger partial charge in [0, 0.05) is 31.3 Å². The van der Waals surface area contributed by atoms with Gasteiger partial charge in [0.15, 0.2) is 0 Å². The molecule has 1 aliphatic heterocycles. The summed E-state index contributed by atoms with van der Waals surface area (Å²) in [7, 11) is 0. The van der Waals surface area contributed by atoms with Gasteiger partial charge in [-0.3, -0.25) is 4.79 Å². The topological polar surface area (TPSA) is 69.6 Å². The fourth-order valence-electron chi connectivity index (χ4n) is 2.26. The number of thioether (sulfide) groups is 1. The number of rotatable bonds is 5. The molecule has 1 rings (SSSR count). The molecule has 1 aliphatic rings. The smallest absolute Gasteiger partial charge is 0.317 e. The number of piperidine rings is 1. The quantitative estimate of drug-likeness (QED) is 0.799. The summed E-state index contributed by atoms with van der Waals surface area (Å²) in [5, 5.41) is 11.7. The second kappa shape index (κ2) is 7.51. The van der Waals surface area contributed by atoms with Crippen LogP contribution in [-0.4, -0.2) is 53.1 Å². The van der Waals surface area contributed by atoms with E-state index < -0.39 is 5.97 Å². The molecule has 0 radical (unpaired) electrons. The third kappa shape index (κ3) is 5.16. The minimum atomic E-state index is -0.780. The Morgan fingerprint density at radius 2 is 2.28 bits per heavy atom. The number of carboxylic acids is 1. The summed E-state index contributed by atoms with van der Waals surface area (Å²) >= 11 is 1.70. The number of carbonyl (C=O) groups excluding carboxylic acids is 1. The van der Waals surface area contributed by atoms with Crippen molar-refractivity contribution in [3.8, 4) is 0 Å². The molecule has 0 saturated carbocycles. The number of likely N-dealkylation sites (tertiary alicyclic amines) is 1. The molecule has 0 bridgehead atoms. The van der Waals surface area contributed by atoms with Crippen LogP contribution in [0.4, 0.5) is 4.79 Å². The molecule has 2 amide bonds. The van der Waals surface area contributed by atoms with Crippen molar-refractivity contribution in [2.45, 2.75) is 32.2 Å². The summed E-state index contributed by atoms with van der Waals surface area (Å²) in [5.41, 5.74) is 0. The predicted octanol–water partition coefficient (Wildman–Crippen LogP) is 1.63. The molecule has 18 heavy (non-hydrogen) atoms. The van der Waals surface area contributed by atoms with Crippen LogP contribution in [0.25, 0.3) is 0 Å². The monoisotopic (exact) mass is 274 g/mol. The molecule has 0 aromatic rings. The second-order valence-electron chi connectivity index (χ2n) is 4.86. The number of nitrogens with zero attached hydrogens (tertiary/aromatic N) is 1. The number of hydrogen-bond donors (Lipinski definition) is 2. The van der Waals surface area contributed by atoms with Crippen LogP contribution < -0.4 is 5.32 Å². The van der Waals surface area contributed by atoms with Crippen LogP contribution in [-0.2, 0) is 4.79 Å². The third-order valence-corrected chi connectivity index (χ3v) is 3.89. The molecule has 1 fully saturated rings. The van der Waals surface area contributed by atoms with Gasteiger partial charge in [-0.25, -0.2) is 4.79 Å². The molecule has 6 heteroatoms. The molecule has 5 nitrogen and oxygen atoms in total. The zero-order valence-electron chi connectivity index (χ0n) is 11.0. The summed E-state index contributed by atoms with van der Waals surface area (Å²) in [6.45, 7) is 3.27. The molecule has 0 aromatic carbocycles. The van der Waals surface area contributed by atoms with Crippen molar-refractivity contribution in [2.24, 2.45) is 5.92 Å². The first-order valence-corrected chi connectivity index (χ1v) is 7.68. The van der Waals surface area contributed by atoms with Gasteiger partial charge in [-0.1, -0.05) is 0 Å². The Labute approximate surface area is 112 Å². The molecule has 104 valence electrons. The number of amides is 2. The van der Waals surface area contributed by atoms with Crippen LogP contribution in [0.1, 0.15) is 26.2 Å². The average Bonchev–Trinajstić information content (AvgIpc) is 2.28. The van der Waals surface area contributed by atoms with Crippen molar-refractivity contribution in [1.82, 2.24) is 10.2 Å². The first-order valence-electron chi connectivity index (χ1n) is 6.29. The standard InChI is InChI=1S/C12H22N2O3S/c1-9(8-18-2)13-12(17)14-5-3-4-10(7-14)6-11(15)16/h9-10H,3-8H2,1-2H3,(H,13,17)(H,15,16). The van der Waals surface area contributed by atoms with Gasteiger partial charge < -0.3 is 15.3 Å². The van der Waals surface area contributed by atoms with Crippen molar-refractivity contribution in [3.05, 3.63) is 0 Å². The van der Waals surface area contributed by atoms with E-state index in [2.05, 4.69) is 5.32 Å². The molecule has 1 heterocycles. The summed E-state index contributed by atoms with van der Waals surface area (Å²) in [5.74, 6) is 0.203. The van der Waals surface area contributed by atoms with Crippen LogP contribution in [0.3, 0.4) is 0 Å². The van der Waals surface area contributed by atoms with E-state index in [1.165, 1.54) is 0 Å². The Morgan fingerprint density at radius 1 is 1.56 bits per heavy atom. The van der Waals surface area contributed by atoms with Crippen LogP contribution >= 0.6 is 11.8 Å². The molecular weight excluding hydrogens is 252 g/mol. The van der Waals surface area contributed by atoms with Crippen molar-refractivity contribution < 1.29 is 14.7 Å². The van der Waals surface area contributed by atoms with Crippen molar-refractivity contribution in [3.63, 3.8) is 0 Å². The number of carbonyl (C=O) groups is 2. The third-order valence-electron chi connectivity index (χ3n) is 3.06. The molecular formula is C12H22N2O3S. The maximum Gasteiger partial charge on any atom is 0.317 e. The van der Waals surface area contributed by atoms with E-state index in [9.17, 15) is 9.59 Å². The first-order chi connectivity index (χ1) is 8.52. The maximum absolute atomic E-state index is 12.0. The van der Waals surface area contributed by atoms with E-state index in [4.69, 9.17) is 5.11 Å². The Kier molecular flexibility index (Phi) is 6.32. The van der Waals surface area contributed by atoms with Gasteiger partial charge in [-0.15, -0.1) is 0 Å². The minimum absolute atomic E-state index is 0.0633. The van der Waals surface area contributed by atoms with E-state index in [1.54, 1.807) is 16.7 Å². The molecule has 1 saturated heterocycles. The largest absolute Gasteiger partial charge is 0.481 e. The van der Waals surface area contributed by atoms with Crippen molar-refractivity contribution in [1.29, 1.82) is 0 Å². The maximum atomic E-state index is 12.0. The van der Waals surface area contributed by atoms with Crippen LogP contribution in [0.2, 0.25) is 0 Å². The van der Waals surface area contributed by atoms with Crippen molar-refractivity contribution in [2.75, 3.05) is 25.1 Å². The van der Waals surface area contributed by atoms with Crippen LogP contribution in [0.5, 0.6) is 0 Å². The molecule has 2 unspecified atom stereocenters. The van der Waals surface area contributed by atoms with Gasteiger partial charge in [-0.2, -0.15) is 11.8 Å². The molecule has 0 aliphatic carbocycles. The van der Waals surface area contributed by atoms with Crippen molar-refractivity contribution >= 4 is 23.8 Å². The van der Waals surface area contributed by atoms with Gasteiger partial charge in [-0.05, 0) is 31.9 Å². The van der Waals surface area contributed by atoms with Gasteiger partial charge in [0.05, 0.1) is 0 Å². The lowest BCUT2D eigenvalue weighted by Gasteiger charge is -2.33. The van der Waals surface area contributed by atoms with Crippen LogP contribution in [0.15, 0.2) is 0 Å². The number of nitrogens with one attached hydrogen (secondary N) is 1. The molecule has 0 aromatic heterocycles.